The van der Waals surface area contributed by atoms with Crippen LogP contribution in [0.5, 0.6) is 0 Å². The van der Waals surface area contributed by atoms with E-state index in [0.717, 1.165) is 57.2 Å². The van der Waals surface area contributed by atoms with E-state index in [0.29, 0.717) is 0 Å². The van der Waals surface area contributed by atoms with Crippen LogP contribution in [0.3, 0.4) is 0 Å². The topological polar surface area (TPSA) is 63.5 Å². The Labute approximate surface area is 137 Å². The fourth-order valence-electron chi connectivity index (χ4n) is 3.64. The van der Waals surface area contributed by atoms with Crippen molar-refractivity contribution in [1.82, 2.24) is 24.6 Å². The number of piperidine rings is 1. The summed E-state index contributed by atoms with van der Waals surface area (Å²) in [5, 5.41) is 8.84. The van der Waals surface area contributed by atoms with Gasteiger partial charge in [-0.2, -0.15) is 0 Å². The number of amides is 1. The summed E-state index contributed by atoms with van der Waals surface area (Å²) in [6, 6.07) is 0. The number of carbonyl (C=O) groups excluding carboxylic acids is 1. The molecule has 2 saturated heterocycles. The van der Waals surface area contributed by atoms with Crippen molar-refractivity contribution in [3.8, 4) is 0 Å². The molecule has 2 aliphatic rings. The van der Waals surface area contributed by atoms with Crippen molar-refractivity contribution < 1.29 is 9.53 Å². The van der Waals surface area contributed by atoms with Crippen molar-refractivity contribution in [2.24, 2.45) is 7.05 Å². The number of likely N-dealkylation sites (tertiary alicyclic amines) is 2. The van der Waals surface area contributed by atoms with E-state index in [-0.39, 0.29) is 18.4 Å². The Kier molecular flexibility index (Phi) is 5.27. The van der Waals surface area contributed by atoms with Gasteiger partial charge in [0.1, 0.15) is 18.3 Å². The molecule has 1 amide bonds. The summed E-state index contributed by atoms with van der Waals surface area (Å²) in [7, 11) is 3.61. The van der Waals surface area contributed by atoms with Gasteiger partial charge < -0.3 is 14.2 Å². The van der Waals surface area contributed by atoms with Gasteiger partial charge in [-0.15, -0.1) is 10.2 Å². The molecule has 1 aromatic heterocycles. The van der Waals surface area contributed by atoms with Crippen molar-refractivity contribution in [3.05, 3.63) is 11.6 Å². The molecule has 1 aromatic rings. The van der Waals surface area contributed by atoms with Crippen LogP contribution in [0, 0.1) is 0 Å². The first-order chi connectivity index (χ1) is 11.2. The highest BCUT2D eigenvalue weighted by molar-refractivity contribution is 5.77. The maximum absolute atomic E-state index is 12.0. The first kappa shape index (κ1) is 16.4. The number of hydrogen-bond acceptors (Lipinski definition) is 5. The van der Waals surface area contributed by atoms with E-state index in [1.807, 2.05) is 4.90 Å². The number of methoxy groups -OCH3 is 1. The Bertz CT molecular complexity index is 539. The van der Waals surface area contributed by atoms with Crippen molar-refractivity contribution in [2.45, 2.75) is 38.1 Å². The fraction of sp³-hybridized carbons (Fsp3) is 0.812. The highest BCUT2D eigenvalue weighted by Crippen LogP contribution is 2.26. The van der Waals surface area contributed by atoms with Crippen LogP contribution >= 0.6 is 0 Å². The second kappa shape index (κ2) is 7.40. The van der Waals surface area contributed by atoms with Gasteiger partial charge in [-0.05, 0) is 38.8 Å². The summed E-state index contributed by atoms with van der Waals surface area (Å²) in [6.45, 7) is 4.89. The maximum Gasteiger partial charge on any atom is 0.248 e. The van der Waals surface area contributed by atoms with Crippen molar-refractivity contribution in [1.29, 1.82) is 0 Å². The van der Waals surface area contributed by atoms with E-state index in [1.165, 1.54) is 12.8 Å². The third-order valence-electron chi connectivity index (χ3n) is 4.97. The molecular weight excluding hydrogens is 294 g/mol. The van der Waals surface area contributed by atoms with Gasteiger partial charge in [0.25, 0.3) is 0 Å². The molecule has 0 saturated carbocycles. The Morgan fingerprint density at radius 3 is 2.74 bits per heavy atom. The van der Waals surface area contributed by atoms with E-state index in [2.05, 4.69) is 26.7 Å². The minimum atomic E-state index is 0.0664. The van der Waals surface area contributed by atoms with Crippen LogP contribution in [0.25, 0.3) is 0 Å². The highest BCUT2D eigenvalue weighted by Gasteiger charge is 2.28. The van der Waals surface area contributed by atoms with Gasteiger partial charge >= 0.3 is 0 Å². The summed E-state index contributed by atoms with van der Waals surface area (Å²) >= 11 is 0. The van der Waals surface area contributed by atoms with Crippen molar-refractivity contribution in [2.75, 3.05) is 39.9 Å². The van der Waals surface area contributed by atoms with Gasteiger partial charge in [0.2, 0.25) is 5.91 Å². The fourth-order valence-corrected chi connectivity index (χ4v) is 3.64. The Hall–Kier alpha value is -1.47. The van der Waals surface area contributed by atoms with Crippen LogP contribution < -0.4 is 0 Å². The van der Waals surface area contributed by atoms with E-state index < -0.39 is 0 Å². The molecule has 3 rings (SSSR count). The first-order valence-electron chi connectivity index (χ1n) is 8.56. The normalized spacial score (nSPS) is 22.7. The van der Waals surface area contributed by atoms with E-state index in [1.54, 1.807) is 7.11 Å². The predicted molar refractivity (Wildman–Crippen MR) is 85.9 cm³/mol. The van der Waals surface area contributed by atoms with E-state index in [4.69, 9.17) is 4.74 Å². The minimum absolute atomic E-state index is 0.0664. The van der Waals surface area contributed by atoms with Gasteiger partial charge in [-0.25, -0.2) is 0 Å². The van der Waals surface area contributed by atoms with Gasteiger partial charge in [0, 0.05) is 33.2 Å². The molecular formula is C16H27N5O2. The van der Waals surface area contributed by atoms with Gasteiger partial charge in [0.15, 0.2) is 0 Å². The zero-order chi connectivity index (χ0) is 16.2. The maximum atomic E-state index is 12.0. The molecule has 0 aromatic carbocycles. The van der Waals surface area contributed by atoms with Crippen LogP contribution in [0.2, 0.25) is 0 Å². The molecule has 0 unspecified atom stereocenters. The molecule has 0 bridgehead atoms. The van der Waals surface area contributed by atoms with Crippen molar-refractivity contribution >= 4 is 5.91 Å². The second-order valence-corrected chi connectivity index (χ2v) is 6.63. The molecule has 23 heavy (non-hydrogen) atoms. The lowest BCUT2D eigenvalue weighted by molar-refractivity contribution is -0.136. The second-order valence-electron chi connectivity index (χ2n) is 6.63. The predicted octanol–water partition coefficient (Wildman–Crippen LogP) is 0.763. The molecule has 0 radical (unpaired) electrons. The third kappa shape index (κ3) is 3.72. The quantitative estimate of drug-likeness (QED) is 0.801. The lowest BCUT2D eigenvalue weighted by Crippen LogP contribution is -2.41. The van der Waals surface area contributed by atoms with Crippen LogP contribution in [0.1, 0.15) is 43.3 Å². The number of aromatic nitrogens is 3. The SMILES string of the molecule is COCC(=O)N1CCC[C@H](c2nnc(CN3CCCC3)n2C)C1. The molecule has 128 valence electrons. The van der Waals surface area contributed by atoms with E-state index >= 15 is 0 Å². The summed E-state index contributed by atoms with van der Waals surface area (Å²) in [5.41, 5.74) is 0. The van der Waals surface area contributed by atoms with Gasteiger partial charge in [-0.3, -0.25) is 9.69 Å². The number of ether oxygens (including phenoxy) is 1. The average molecular weight is 321 g/mol. The lowest BCUT2D eigenvalue weighted by atomic mass is 9.97. The van der Waals surface area contributed by atoms with Crippen LogP contribution in [-0.2, 0) is 23.1 Å². The summed E-state index contributed by atoms with van der Waals surface area (Å²) < 4.78 is 7.10. The summed E-state index contributed by atoms with van der Waals surface area (Å²) in [4.78, 5) is 16.4. The minimum Gasteiger partial charge on any atom is -0.375 e. The number of rotatable bonds is 5. The smallest absolute Gasteiger partial charge is 0.248 e. The Morgan fingerprint density at radius 1 is 1.22 bits per heavy atom. The summed E-state index contributed by atoms with van der Waals surface area (Å²) in [5.74, 6) is 2.38. The van der Waals surface area contributed by atoms with Gasteiger partial charge in [0.05, 0.1) is 6.54 Å². The van der Waals surface area contributed by atoms with Crippen LogP contribution in [0.15, 0.2) is 0 Å². The number of hydrogen-bond donors (Lipinski definition) is 0. The molecule has 2 fully saturated rings. The number of carbonyl (C=O) groups is 1. The zero-order valence-electron chi connectivity index (χ0n) is 14.2. The molecule has 2 aliphatic heterocycles. The molecule has 1 atom stereocenters. The zero-order valence-corrected chi connectivity index (χ0v) is 14.2. The highest BCUT2D eigenvalue weighted by atomic mass is 16.5. The standard InChI is InChI=1S/C16H27N5O2/c1-19-14(11-20-7-3-4-8-20)17-18-16(19)13-6-5-9-21(10-13)15(22)12-23-2/h13H,3-12H2,1-2H3/t13-/m0/s1. The molecule has 3 heterocycles. The third-order valence-corrected chi connectivity index (χ3v) is 4.97. The largest absolute Gasteiger partial charge is 0.375 e. The van der Waals surface area contributed by atoms with E-state index in [9.17, 15) is 4.79 Å². The first-order valence-corrected chi connectivity index (χ1v) is 8.56. The monoisotopic (exact) mass is 321 g/mol. The molecule has 7 heteroatoms. The van der Waals surface area contributed by atoms with Gasteiger partial charge in [-0.1, -0.05) is 0 Å². The summed E-state index contributed by atoms with van der Waals surface area (Å²) in [6.07, 6.45) is 4.63. The number of nitrogens with zero attached hydrogens (tertiary/aromatic N) is 5. The Balaban J connectivity index is 1.66. The molecule has 0 spiro atoms. The molecule has 7 nitrogen and oxygen atoms in total. The lowest BCUT2D eigenvalue weighted by Gasteiger charge is -2.32. The van der Waals surface area contributed by atoms with Crippen LogP contribution in [0.4, 0.5) is 0 Å². The Morgan fingerprint density at radius 2 is 2.00 bits per heavy atom. The average Bonchev–Trinajstić information content (AvgIpc) is 3.19. The van der Waals surface area contributed by atoms with Crippen LogP contribution in [-0.4, -0.2) is 70.4 Å². The molecule has 0 N–H and O–H groups in total. The van der Waals surface area contributed by atoms with Crippen molar-refractivity contribution in [3.63, 3.8) is 0 Å². The molecule has 0 aliphatic carbocycles.